The molecule has 0 radical (unpaired) electrons. The van der Waals surface area contributed by atoms with Crippen molar-refractivity contribution in [3.63, 3.8) is 0 Å². The van der Waals surface area contributed by atoms with E-state index in [9.17, 15) is 4.79 Å². The van der Waals surface area contributed by atoms with Crippen molar-refractivity contribution in [2.45, 2.75) is 27.2 Å². The van der Waals surface area contributed by atoms with Crippen molar-refractivity contribution in [2.24, 2.45) is 0 Å². The highest BCUT2D eigenvalue weighted by molar-refractivity contribution is 5.90. The van der Waals surface area contributed by atoms with Crippen LogP contribution < -0.4 is 37.4 Å². The van der Waals surface area contributed by atoms with Crippen molar-refractivity contribution in [1.29, 1.82) is 0 Å². The maximum absolute atomic E-state index is 12.2. The molecule has 0 heterocycles. The van der Waals surface area contributed by atoms with Gasteiger partial charge in [0.1, 0.15) is 0 Å². The highest BCUT2D eigenvalue weighted by Gasteiger charge is 2.08. The first-order chi connectivity index (χ1) is 13.5. The molecule has 29 heavy (non-hydrogen) atoms. The Morgan fingerprint density at radius 1 is 1.00 bits per heavy atom. The minimum absolute atomic E-state index is 0. The summed E-state index contributed by atoms with van der Waals surface area (Å²) in [6.07, 6.45) is 0.702. The summed E-state index contributed by atoms with van der Waals surface area (Å²) in [5.41, 5.74) is 4.10. The van der Waals surface area contributed by atoms with Gasteiger partial charge >= 0.3 is 6.03 Å². The number of benzene rings is 2. The molecule has 0 saturated heterocycles. The smallest absolute Gasteiger partial charge is 0.319 e. The molecule has 2 N–H and O–H groups in total. The minimum atomic E-state index is -0.209. The van der Waals surface area contributed by atoms with Gasteiger partial charge in [0, 0.05) is 31.0 Å². The van der Waals surface area contributed by atoms with E-state index >= 15 is 0 Å². The maximum atomic E-state index is 12.2. The van der Waals surface area contributed by atoms with Gasteiger partial charge < -0.3 is 37.4 Å². The molecule has 2 aromatic carbocycles. The monoisotopic (exact) mass is 420 g/mol. The third-order valence-corrected chi connectivity index (χ3v) is 4.73. The fourth-order valence-electron chi connectivity index (χ4n) is 3.10. The molecule has 0 aliphatic heterocycles. The predicted octanol–water partition coefficient (Wildman–Crippen LogP) is 1.23. The summed E-state index contributed by atoms with van der Waals surface area (Å²) in [5, 5.41) is 5.83. The van der Waals surface area contributed by atoms with Gasteiger partial charge in [-0.3, -0.25) is 0 Å². The fourth-order valence-corrected chi connectivity index (χ4v) is 3.10. The average Bonchev–Trinajstić information content (AvgIpc) is 2.70. The van der Waals surface area contributed by atoms with E-state index in [0.717, 1.165) is 29.9 Å². The van der Waals surface area contributed by atoms with Crippen LogP contribution in [0.5, 0.6) is 11.5 Å². The highest BCUT2D eigenvalue weighted by Crippen LogP contribution is 2.27. The lowest BCUT2D eigenvalue weighted by Gasteiger charge is -2.22. The van der Waals surface area contributed by atoms with Crippen LogP contribution in [0.4, 0.5) is 16.2 Å². The summed E-state index contributed by atoms with van der Waals surface area (Å²) < 4.78 is 10.6. The van der Waals surface area contributed by atoms with Crippen LogP contribution in [0.25, 0.3) is 0 Å². The summed E-state index contributed by atoms with van der Waals surface area (Å²) in [5.74, 6) is 1.38. The molecule has 0 aliphatic rings. The van der Waals surface area contributed by atoms with Crippen molar-refractivity contribution in [2.75, 3.05) is 44.1 Å². The number of anilines is 2. The third kappa shape index (κ3) is 6.75. The van der Waals surface area contributed by atoms with Crippen molar-refractivity contribution in [1.82, 2.24) is 5.32 Å². The number of carbonyl (C=O) groups excluding carboxylic acids is 1. The topological polar surface area (TPSA) is 62.8 Å². The number of urea groups is 1. The van der Waals surface area contributed by atoms with Crippen LogP contribution in [-0.4, -0.2) is 39.9 Å². The van der Waals surface area contributed by atoms with Crippen LogP contribution >= 0.6 is 0 Å². The summed E-state index contributed by atoms with van der Waals surface area (Å²) in [6, 6.07) is 11.7. The summed E-state index contributed by atoms with van der Waals surface area (Å²) in [6.45, 7) is 8.72. The van der Waals surface area contributed by atoms with Gasteiger partial charge in [0.15, 0.2) is 11.5 Å². The molecule has 2 amide bonds. The zero-order valence-corrected chi connectivity index (χ0v) is 18.6. The molecule has 2 rings (SSSR count). The zero-order valence-electron chi connectivity index (χ0n) is 17.8. The number of halogens is 1. The van der Waals surface area contributed by atoms with Crippen molar-refractivity contribution in [3.05, 3.63) is 47.5 Å². The largest absolute Gasteiger partial charge is 1.00 e. The lowest BCUT2D eigenvalue weighted by molar-refractivity contribution is -0.00000958. The quantitative estimate of drug-likeness (QED) is 0.640. The molecule has 160 valence electrons. The molecule has 0 saturated carbocycles. The Labute approximate surface area is 180 Å². The molecular weight excluding hydrogens is 390 g/mol. The lowest BCUT2D eigenvalue weighted by Crippen LogP contribution is -3.00. The third-order valence-electron chi connectivity index (χ3n) is 4.73. The number of methoxy groups -OCH3 is 2. The number of amides is 2. The molecule has 0 unspecified atom stereocenters. The van der Waals surface area contributed by atoms with Crippen LogP contribution in [0.15, 0.2) is 36.4 Å². The van der Waals surface area contributed by atoms with Gasteiger partial charge in [-0.2, -0.15) is 0 Å². The lowest BCUT2D eigenvalue weighted by atomic mass is 10.1. The zero-order chi connectivity index (χ0) is 20.5. The normalized spacial score (nSPS) is 9.97. The van der Waals surface area contributed by atoms with Gasteiger partial charge in [-0.15, -0.1) is 0 Å². The number of aryl methyl sites for hydroxylation is 1. The van der Waals surface area contributed by atoms with Crippen LogP contribution in [0.2, 0.25) is 0 Å². The molecule has 0 atom stereocenters. The van der Waals surface area contributed by atoms with E-state index in [1.807, 2.05) is 37.3 Å². The first kappa shape index (κ1) is 24.4. The summed E-state index contributed by atoms with van der Waals surface area (Å²) in [7, 11) is 3.22. The van der Waals surface area contributed by atoms with Gasteiger partial charge in [-0.1, -0.05) is 6.07 Å². The van der Waals surface area contributed by atoms with Crippen LogP contribution in [0.1, 0.15) is 25.0 Å². The van der Waals surface area contributed by atoms with Crippen molar-refractivity contribution >= 4 is 17.4 Å². The van der Waals surface area contributed by atoms with E-state index in [1.165, 1.54) is 5.69 Å². The van der Waals surface area contributed by atoms with Crippen molar-refractivity contribution < 1.29 is 26.7 Å². The van der Waals surface area contributed by atoms with Gasteiger partial charge in [-0.05, 0) is 68.7 Å². The second kappa shape index (κ2) is 12.1. The van der Waals surface area contributed by atoms with E-state index in [-0.39, 0.29) is 18.4 Å². The Morgan fingerprint density at radius 3 is 2.28 bits per heavy atom. The maximum Gasteiger partial charge on any atom is 0.319 e. The molecule has 0 bridgehead atoms. The Hall–Kier alpha value is -2.60. The minimum Gasteiger partial charge on any atom is -1.00 e. The molecule has 0 aromatic heterocycles. The van der Waals surface area contributed by atoms with Gasteiger partial charge in [0.05, 0.1) is 14.2 Å². The second-order valence-corrected chi connectivity index (χ2v) is 6.49. The predicted molar refractivity (Wildman–Crippen MR) is 115 cm³/mol. The van der Waals surface area contributed by atoms with Gasteiger partial charge in [-0.25, -0.2) is 4.79 Å². The van der Waals surface area contributed by atoms with Gasteiger partial charge in [0.25, 0.3) is 0 Å². The van der Waals surface area contributed by atoms with E-state index in [1.54, 1.807) is 14.2 Å². The number of nitrogens with zero attached hydrogens (tertiary/aromatic N) is 1. The number of nitrogens with one attached hydrogen (secondary N) is 2. The SMILES string of the molecule is CCN(CC)c1ccc(NC(=O)NCCc2ccc(OC)c(OC)c2)c(C)c1.[Cl-]. The van der Waals surface area contributed by atoms with Crippen LogP contribution in [0.3, 0.4) is 0 Å². The molecule has 0 fully saturated rings. The summed E-state index contributed by atoms with van der Waals surface area (Å²) in [4.78, 5) is 14.5. The van der Waals surface area contributed by atoms with Crippen LogP contribution in [-0.2, 0) is 6.42 Å². The number of ether oxygens (including phenoxy) is 2. The second-order valence-electron chi connectivity index (χ2n) is 6.49. The highest BCUT2D eigenvalue weighted by atomic mass is 35.5. The summed E-state index contributed by atoms with van der Waals surface area (Å²) >= 11 is 0. The first-order valence-electron chi connectivity index (χ1n) is 9.63. The molecule has 0 spiro atoms. The number of hydrogen-bond acceptors (Lipinski definition) is 4. The molecule has 0 aliphatic carbocycles. The van der Waals surface area contributed by atoms with E-state index in [2.05, 4.69) is 35.4 Å². The van der Waals surface area contributed by atoms with Crippen LogP contribution in [0, 0.1) is 6.92 Å². The Bertz CT molecular complexity index is 795. The van der Waals surface area contributed by atoms with Gasteiger partial charge in [0.2, 0.25) is 0 Å². The number of carbonyl (C=O) groups is 1. The van der Waals surface area contributed by atoms with E-state index in [4.69, 9.17) is 9.47 Å². The molecule has 6 nitrogen and oxygen atoms in total. The van der Waals surface area contributed by atoms with E-state index < -0.39 is 0 Å². The Balaban J connectivity index is 0.00000420. The van der Waals surface area contributed by atoms with E-state index in [0.29, 0.717) is 24.5 Å². The van der Waals surface area contributed by atoms with Crippen molar-refractivity contribution in [3.8, 4) is 11.5 Å². The Kier molecular flexibility index (Phi) is 10.2. The molecule has 2 aromatic rings. The first-order valence-corrected chi connectivity index (χ1v) is 9.63. The average molecular weight is 421 g/mol. The molecule has 7 heteroatoms. The Morgan fingerprint density at radius 2 is 1.69 bits per heavy atom. The standard InChI is InChI=1S/C22H31N3O3.ClH/c1-6-25(7-2)18-9-10-19(16(3)14-18)24-22(26)23-13-12-17-8-11-20(27-4)21(15-17)28-5;/h8-11,14-15H,6-7,12-13H2,1-5H3,(H2,23,24,26);1H/p-1. The fraction of sp³-hybridized carbons (Fsp3) is 0.409. The molecular formula is C22H31ClN3O3-. The number of rotatable bonds is 9. The number of hydrogen-bond donors (Lipinski definition) is 2.